The van der Waals surface area contributed by atoms with E-state index < -0.39 is 5.54 Å². The normalized spacial score (nSPS) is 15.7. The molecule has 0 aliphatic carbocycles. The number of ether oxygens (including phenoxy) is 1. The zero-order valence-electron chi connectivity index (χ0n) is 13.0. The van der Waals surface area contributed by atoms with E-state index >= 15 is 0 Å². The third-order valence-electron chi connectivity index (χ3n) is 3.13. The maximum atomic E-state index is 12.1. The highest BCUT2D eigenvalue weighted by Gasteiger charge is 2.35. The van der Waals surface area contributed by atoms with Crippen molar-refractivity contribution in [3.63, 3.8) is 0 Å². The third-order valence-corrected chi connectivity index (χ3v) is 4.37. The predicted molar refractivity (Wildman–Crippen MR) is 82.1 cm³/mol. The molecule has 4 nitrogen and oxygen atoms in total. The second-order valence-electron chi connectivity index (χ2n) is 5.06. The molecule has 0 aliphatic heterocycles. The summed E-state index contributed by atoms with van der Waals surface area (Å²) >= 11 is 1.72. The monoisotopic (exact) mass is 299 g/mol. The molecule has 0 fully saturated rings. The molecule has 114 valence electrons. The summed E-state index contributed by atoms with van der Waals surface area (Å²) in [5.41, 5.74) is -0.644. The second-order valence-corrected chi connectivity index (χ2v) is 6.54. The molecular formula is C15H25NO3S. The summed E-state index contributed by atoms with van der Waals surface area (Å²) in [5.74, 6) is 0.737. The molecule has 1 N–H and O–H groups in total. The molecular weight excluding hydrogens is 274 g/mol. The summed E-state index contributed by atoms with van der Waals surface area (Å²) in [4.78, 5) is 13.3. The van der Waals surface area contributed by atoms with Crippen molar-refractivity contribution in [2.75, 3.05) is 13.2 Å². The van der Waals surface area contributed by atoms with Crippen LogP contribution in [0.2, 0.25) is 0 Å². The molecule has 0 aromatic carbocycles. The molecule has 1 heterocycles. The Morgan fingerprint density at radius 1 is 1.55 bits per heavy atom. The van der Waals surface area contributed by atoms with Gasteiger partial charge < -0.3 is 14.5 Å². The standard InChI is InChI=1S/C15H25NO3S/c1-6-16-15(5,14(17)18-7-2)10-11(3)20-13-8-9-19-12(13)4/h8-9,11,16H,6-7,10H2,1-5H3. The van der Waals surface area contributed by atoms with Crippen molar-refractivity contribution in [1.82, 2.24) is 5.32 Å². The first-order chi connectivity index (χ1) is 9.42. The maximum absolute atomic E-state index is 12.1. The van der Waals surface area contributed by atoms with Crippen molar-refractivity contribution in [2.45, 2.75) is 56.7 Å². The van der Waals surface area contributed by atoms with E-state index in [0.717, 1.165) is 17.2 Å². The fourth-order valence-corrected chi connectivity index (χ4v) is 3.44. The third kappa shape index (κ3) is 4.56. The highest BCUT2D eigenvalue weighted by atomic mass is 32.2. The molecule has 0 saturated carbocycles. The largest absolute Gasteiger partial charge is 0.468 e. The number of aryl methyl sites for hydroxylation is 1. The number of furan rings is 1. The summed E-state index contributed by atoms with van der Waals surface area (Å²) in [7, 11) is 0. The Bertz CT molecular complexity index is 433. The number of hydrogen-bond donors (Lipinski definition) is 1. The van der Waals surface area contributed by atoms with E-state index in [2.05, 4.69) is 12.2 Å². The lowest BCUT2D eigenvalue weighted by Gasteiger charge is -2.30. The highest BCUT2D eigenvalue weighted by molar-refractivity contribution is 8.00. The first kappa shape index (κ1) is 17.1. The predicted octanol–water partition coefficient (Wildman–Crippen LogP) is 3.39. The lowest BCUT2D eigenvalue weighted by molar-refractivity contribution is -0.150. The van der Waals surface area contributed by atoms with Gasteiger partial charge in [0.25, 0.3) is 0 Å². The van der Waals surface area contributed by atoms with Crippen LogP contribution in [0.3, 0.4) is 0 Å². The quantitative estimate of drug-likeness (QED) is 0.589. The van der Waals surface area contributed by atoms with Crippen LogP contribution in [0, 0.1) is 6.92 Å². The van der Waals surface area contributed by atoms with Crippen LogP contribution >= 0.6 is 11.8 Å². The topological polar surface area (TPSA) is 51.5 Å². The van der Waals surface area contributed by atoms with Crippen molar-refractivity contribution in [1.29, 1.82) is 0 Å². The average molecular weight is 299 g/mol. The Labute approximate surface area is 125 Å². The number of carbonyl (C=O) groups excluding carboxylic acids is 1. The van der Waals surface area contributed by atoms with Gasteiger partial charge in [0, 0.05) is 10.1 Å². The zero-order valence-corrected chi connectivity index (χ0v) is 13.8. The van der Waals surface area contributed by atoms with Gasteiger partial charge in [-0.3, -0.25) is 4.79 Å². The Morgan fingerprint density at radius 3 is 2.75 bits per heavy atom. The van der Waals surface area contributed by atoms with Crippen molar-refractivity contribution in [3.05, 3.63) is 18.1 Å². The first-order valence-corrected chi connectivity index (χ1v) is 7.94. The van der Waals surface area contributed by atoms with Gasteiger partial charge in [0.1, 0.15) is 11.3 Å². The van der Waals surface area contributed by atoms with Crippen LogP contribution in [0.25, 0.3) is 0 Å². The highest BCUT2D eigenvalue weighted by Crippen LogP contribution is 2.31. The van der Waals surface area contributed by atoms with E-state index in [1.54, 1.807) is 18.0 Å². The number of esters is 1. The minimum Gasteiger partial charge on any atom is -0.468 e. The molecule has 0 amide bonds. The van der Waals surface area contributed by atoms with E-state index in [4.69, 9.17) is 9.15 Å². The van der Waals surface area contributed by atoms with Gasteiger partial charge in [0.15, 0.2) is 0 Å². The molecule has 5 heteroatoms. The lowest BCUT2D eigenvalue weighted by Crippen LogP contribution is -2.51. The van der Waals surface area contributed by atoms with Crippen molar-refractivity contribution >= 4 is 17.7 Å². The number of nitrogens with one attached hydrogen (secondary N) is 1. The molecule has 20 heavy (non-hydrogen) atoms. The van der Waals surface area contributed by atoms with Crippen LogP contribution in [0.1, 0.15) is 39.9 Å². The van der Waals surface area contributed by atoms with Crippen LogP contribution < -0.4 is 5.32 Å². The van der Waals surface area contributed by atoms with Gasteiger partial charge in [-0.2, -0.15) is 0 Å². The Hall–Kier alpha value is -0.940. The molecule has 2 atom stereocenters. The number of carbonyl (C=O) groups is 1. The molecule has 1 rings (SSSR count). The lowest BCUT2D eigenvalue weighted by atomic mass is 9.96. The van der Waals surface area contributed by atoms with E-state index in [-0.39, 0.29) is 11.2 Å². The van der Waals surface area contributed by atoms with E-state index in [9.17, 15) is 4.79 Å². The summed E-state index contributed by atoms with van der Waals surface area (Å²) < 4.78 is 10.5. The van der Waals surface area contributed by atoms with Crippen LogP contribution in [0.15, 0.2) is 21.6 Å². The minimum absolute atomic E-state index is 0.182. The van der Waals surface area contributed by atoms with Crippen LogP contribution in [0.5, 0.6) is 0 Å². The van der Waals surface area contributed by atoms with E-state index in [1.165, 1.54) is 0 Å². The average Bonchev–Trinajstić information content (AvgIpc) is 2.75. The van der Waals surface area contributed by atoms with Gasteiger partial charge in [-0.05, 0) is 39.8 Å². The zero-order chi connectivity index (χ0) is 15.2. The number of likely N-dealkylation sites (N-methyl/N-ethyl adjacent to an activating group) is 1. The molecule has 2 unspecified atom stereocenters. The van der Waals surface area contributed by atoms with Crippen LogP contribution in [-0.4, -0.2) is 29.9 Å². The van der Waals surface area contributed by atoms with Gasteiger partial charge in [0.05, 0.1) is 12.9 Å². The first-order valence-electron chi connectivity index (χ1n) is 7.06. The molecule has 0 spiro atoms. The SMILES string of the molecule is CCNC(C)(CC(C)Sc1ccoc1C)C(=O)OCC. The van der Waals surface area contributed by atoms with Crippen molar-refractivity contribution in [2.24, 2.45) is 0 Å². The summed E-state index contributed by atoms with van der Waals surface area (Å²) in [6.45, 7) is 10.9. The van der Waals surface area contributed by atoms with Crippen LogP contribution in [-0.2, 0) is 9.53 Å². The van der Waals surface area contributed by atoms with E-state index in [0.29, 0.717) is 13.0 Å². The molecule has 0 aliphatic rings. The van der Waals surface area contributed by atoms with Gasteiger partial charge >= 0.3 is 5.97 Å². The molecule has 0 saturated heterocycles. The van der Waals surface area contributed by atoms with Gasteiger partial charge in [-0.15, -0.1) is 11.8 Å². The fourth-order valence-electron chi connectivity index (χ4n) is 2.24. The minimum atomic E-state index is -0.644. The number of rotatable bonds is 8. The smallest absolute Gasteiger partial charge is 0.326 e. The fraction of sp³-hybridized carbons (Fsp3) is 0.667. The maximum Gasteiger partial charge on any atom is 0.326 e. The Kier molecular flexibility index (Phi) is 6.62. The Morgan fingerprint density at radius 2 is 2.25 bits per heavy atom. The van der Waals surface area contributed by atoms with Gasteiger partial charge in [-0.1, -0.05) is 13.8 Å². The van der Waals surface area contributed by atoms with Gasteiger partial charge in [-0.25, -0.2) is 0 Å². The summed E-state index contributed by atoms with van der Waals surface area (Å²) in [6, 6.07) is 1.96. The molecule has 0 bridgehead atoms. The summed E-state index contributed by atoms with van der Waals surface area (Å²) in [6.07, 6.45) is 2.40. The Balaban J connectivity index is 2.69. The molecule has 1 aromatic rings. The number of hydrogen-bond acceptors (Lipinski definition) is 5. The number of thioether (sulfide) groups is 1. The summed E-state index contributed by atoms with van der Waals surface area (Å²) in [5, 5.41) is 3.53. The van der Waals surface area contributed by atoms with Crippen molar-refractivity contribution in [3.8, 4) is 0 Å². The molecule has 1 aromatic heterocycles. The van der Waals surface area contributed by atoms with Crippen LogP contribution in [0.4, 0.5) is 0 Å². The second kappa shape index (κ2) is 7.74. The molecule has 0 radical (unpaired) electrons. The van der Waals surface area contributed by atoms with Crippen molar-refractivity contribution < 1.29 is 13.9 Å². The van der Waals surface area contributed by atoms with E-state index in [1.807, 2.05) is 33.8 Å². The van der Waals surface area contributed by atoms with Gasteiger partial charge in [0.2, 0.25) is 0 Å².